The molecule has 5 rings (SSSR count). The van der Waals surface area contributed by atoms with E-state index in [1.54, 1.807) is 0 Å². The van der Waals surface area contributed by atoms with E-state index in [0.717, 1.165) is 32.2 Å². The Morgan fingerprint density at radius 2 is 1.69 bits per heavy atom. The van der Waals surface area contributed by atoms with Crippen LogP contribution in [0.2, 0.25) is 0 Å². The number of rotatable bonds is 3. The number of nitrogens with zero attached hydrogens (tertiary/aromatic N) is 4. The molecule has 0 N–H and O–H groups in total. The van der Waals surface area contributed by atoms with Gasteiger partial charge in [0.25, 0.3) is 0 Å². The maximum absolute atomic E-state index is 4.83. The Labute approximate surface area is 160 Å². The molecule has 0 bridgehead atoms. The lowest BCUT2D eigenvalue weighted by atomic mass is 9.91. The number of guanidine groups is 1. The Bertz CT molecular complexity index is 809. The van der Waals surface area contributed by atoms with Gasteiger partial charge < -0.3 is 4.90 Å². The molecule has 26 heavy (non-hydrogen) atoms. The molecule has 2 aromatic carbocycles. The highest BCUT2D eigenvalue weighted by atomic mass is 32.2. The van der Waals surface area contributed by atoms with Gasteiger partial charge in [0.1, 0.15) is 0 Å². The third kappa shape index (κ3) is 3.19. The fraction of sp³-hybridized carbons (Fsp3) is 0.476. The second-order valence-electron chi connectivity index (χ2n) is 7.49. The zero-order valence-corrected chi connectivity index (χ0v) is 16.0. The third-order valence-corrected chi connectivity index (χ3v) is 6.94. The van der Waals surface area contributed by atoms with Crippen molar-refractivity contribution < 1.29 is 0 Å². The Kier molecular flexibility index (Phi) is 4.51. The minimum atomic E-state index is 0.866. The van der Waals surface area contributed by atoms with Crippen molar-refractivity contribution in [2.75, 3.05) is 39.3 Å². The molecule has 2 heterocycles. The highest BCUT2D eigenvalue weighted by Crippen LogP contribution is 2.30. The summed E-state index contributed by atoms with van der Waals surface area (Å²) in [7, 11) is 0. The highest BCUT2D eigenvalue weighted by molar-refractivity contribution is 7.97. The number of hydrogen-bond donors (Lipinski definition) is 0. The topological polar surface area (TPSA) is 22.1 Å². The van der Waals surface area contributed by atoms with Gasteiger partial charge in [0.2, 0.25) is 5.96 Å². The number of aliphatic imine (C=N–C) groups is 1. The van der Waals surface area contributed by atoms with Crippen molar-refractivity contribution in [1.29, 1.82) is 0 Å². The summed E-state index contributed by atoms with van der Waals surface area (Å²) in [6.45, 7) is 6.54. The van der Waals surface area contributed by atoms with Crippen molar-refractivity contribution in [2.45, 2.75) is 30.2 Å². The van der Waals surface area contributed by atoms with Gasteiger partial charge in [0, 0.05) is 37.1 Å². The first kappa shape index (κ1) is 16.5. The fourth-order valence-electron chi connectivity index (χ4n) is 4.15. The van der Waals surface area contributed by atoms with Gasteiger partial charge in [0.15, 0.2) is 0 Å². The first-order valence-corrected chi connectivity index (χ1v) is 10.6. The average Bonchev–Trinajstić information content (AvgIpc) is 3.09. The number of hydrogen-bond acceptors (Lipinski definition) is 5. The molecule has 0 spiro atoms. The van der Waals surface area contributed by atoms with E-state index < -0.39 is 0 Å². The average molecular weight is 367 g/mol. The predicted octanol–water partition coefficient (Wildman–Crippen LogP) is 3.69. The van der Waals surface area contributed by atoms with E-state index in [2.05, 4.69) is 56.6 Å². The highest BCUT2D eigenvalue weighted by Gasteiger charge is 2.31. The minimum Gasteiger partial charge on any atom is -0.340 e. The summed E-state index contributed by atoms with van der Waals surface area (Å²) in [5.41, 5.74) is 0. The van der Waals surface area contributed by atoms with Crippen molar-refractivity contribution in [3.63, 3.8) is 0 Å². The monoisotopic (exact) mass is 366 g/mol. The number of fused-ring (bicyclic) bond motifs is 1. The van der Waals surface area contributed by atoms with E-state index in [0.29, 0.717) is 0 Å². The van der Waals surface area contributed by atoms with E-state index in [1.165, 1.54) is 54.0 Å². The van der Waals surface area contributed by atoms with Crippen LogP contribution in [0.25, 0.3) is 10.8 Å². The smallest absolute Gasteiger partial charge is 0.207 e. The lowest BCUT2D eigenvalue weighted by Gasteiger charge is -2.44. The van der Waals surface area contributed by atoms with Crippen LogP contribution in [0, 0.1) is 0 Å². The first-order chi connectivity index (χ1) is 12.9. The van der Waals surface area contributed by atoms with Crippen molar-refractivity contribution in [3.8, 4) is 0 Å². The van der Waals surface area contributed by atoms with Gasteiger partial charge in [-0.05, 0) is 47.7 Å². The van der Waals surface area contributed by atoms with E-state index in [-0.39, 0.29) is 0 Å². The van der Waals surface area contributed by atoms with Gasteiger partial charge in [-0.3, -0.25) is 14.2 Å². The van der Waals surface area contributed by atoms with Gasteiger partial charge in [-0.2, -0.15) is 0 Å². The second kappa shape index (κ2) is 7.12. The van der Waals surface area contributed by atoms with Crippen LogP contribution in [0.4, 0.5) is 0 Å². The molecule has 4 nitrogen and oxygen atoms in total. The third-order valence-electron chi connectivity index (χ3n) is 5.90. The molecule has 0 amide bonds. The lowest BCUT2D eigenvalue weighted by Crippen LogP contribution is -2.55. The molecule has 1 saturated heterocycles. The minimum absolute atomic E-state index is 0.866. The Morgan fingerprint density at radius 1 is 0.885 bits per heavy atom. The zero-order chi connectivity index (χ0) is 17.3. The molecule has 0 atom stereocenters. The van der Waals surface area contributed by atoms with Gasteiger partial charge in [0.05, 0.1) is 13.1 Å². The fourth-order valence-corrected chi connectivity index (χ4v) is 5.15. The molecule has 2 fully saturated rings. The predicted molar refractivity (Wildman–Crippen MR) is 110 cm³/mol. The first-order valence-electron chi connectivity index (χ1n) is 9.84. The molecule has 0 unspecified atom stereocenters. The molecule has 2 aliphatic heterocycles. The SMILES string of the molecule is c1ccc2cc(SN3CCN=C3N3CCN(C4CCC4)CC3)ccc2c1. The van der Waals surface area contributed by atoms with Crippen molar-refractivity contribution in [3.05, 3.63) is 42.5 Å². The standard InChI is InChI=1S/C21H26N4S/c1-2-5-18-16-20(9-8-17(18)4-1)26-25-11-10-22-21(25)24-14-12-23(13-15-24)19-6-3-7-19/h1-2,4-5,8-9,16,19H,3,6-7,10-15H2. The van der Waals surface area contributed by atoms with E-state index in [1.807, 2.05) is 11.9 Å². The Balaban J connectivity index is 1.25. The summed E-state index contributed by atoms with van der Waals surface area (Å²) in [6.07, 6.45) is 4.24. The Hall–Kier alpha value is -1.72. The zero-order valence-electron chi connectivity index (χ0n) is 15.2. The normalized spacial score (nSPS) is 21.9. The molecular weight excluding hydrogens is 340 g/mol. The van der Waals surface area contributed by atoms with Crippen LogP contribution in [-0.2, 0) is 0 Å². The van der Waals surface area contributed by atoms with E-state index in [9.17, 15) is 0 Å². The molecule has 3 aliphatic rings. The summed E-state index contributed by atoms with van der Waals surface area (Å²) in [4.78, 5) is 11.3. The van der Waals surface area contributed by atoms with Crippen molar-refractivity contribution in [2.24, 2.45) is 4.99 Å². The lowest BCUT2D eigenvalue weighted by molar-refractivity contribution is 0.0835. The summed E-state index contributed by atoms with van der Waals surface area (Å²) in [5, 5.41) is 2.61. The molecule has 5 heteroatoms. The van der Waals surface area contributed by atoms with Crippen LogP contribution in [-0.4, -0.2) is 65.4 Å². The largest absolute Gasteiger partial charge is 0.340 e. The maximum Gasteiger partial charge on any atom is 0.207 e. The molecule has 2 aromatic rings. The van der Waals surface area contributed by atoms with Gasteiger partial charge in [-0.15, -0.1) is 0 Å². The van der Waals surface area contributed by atoms with E-state index in [4.69, 9.17) is 4.99 Å². The van der Waals surface area contributed by atoms with Gasteiger partial charge >= 0.3 is 0 Å². The van der Waals surface area contributed by atoms with Crippen LogP contribution in [0.1, 0.15) is 19.3 Å². The number of benzene rings is 2. The Morgan fingerprint density at radius 3 is 2.46 bits per heavy atom. The second-order valence-corrected chi connectivity index (χ2v) is 8.59. The maximum atomic E-state index is 4.83. The van der Waals surface area contributed by atoms with Crippen LogP contribution in [0.5, 0.6) is 0 Å². The van der Waals surface area contributed by atoms with Crippen LogP contribution in [0.15, 0.2) is 52.4 Å². The molecule has 0 radical (unpaired) electrons. The van der Waals surface area contributed by atoms with Gasteiger partial charge in [-0.25, -0.2) is 0 Å². The summed E-state index contributed by atoms with van der Waals surface area (Å²) in [5.74, 6) is 1.19. The van der Waals surface area contributed by atoms with E-state index >= 15 is 0 Å². The molecule has 1 aliphatic carbocycles. The van der Waals surface area contributed by atoms with Crippen molar-refractivity contribution in [1.82, 2.24) is 14.1 Å². The quantitative estimate of drug-likeness (QED) is 0.773. The summed E-state index contributed by atoms with van der Waals surface area (Å²) >= 11 is 1.84. The molecule has 1 saturated carbocycles. The summed E-state index contributed by atoms with van der Waals surface area (Å²) in [6, 6.07) is 16.2. The molecule has 136 valence electrons. The van der Waals surface area contributed by atoms with Gasteiger partial charge in [-0.1, -0.05) is 36.8 Å². The van der Waals surface area contributed by atoms with Crippen LogP contribution < -0.4 is 0 Å². The molecular formula is C21H26N4S. The van der Waals surface area contributed by atoms with Crippen LogP contribution >= 0.6 is 11.9 Å². The van der Waals surface area contributed by atoms with Crippen molar-refractivity contribution >= 4 is 28.7 Å². The molecule has 0 aromatic heterocycles. The van der Waals surface area contributed by atoms with Crippen LogP contribution in [0.3, 0.4) is 0 Å². The number of piperazine rings is 1. The summed E-state index contributed by atoms with van der Waals surface area (Å²) < 4.78 is 2.39.